The fraction of sp³-hybridized carbons (Fsp3) is 0.917. The Balaban J connectivity index is 3.94. The van der Waals surface area contributed by atoms with Crippen LogP contribution in [0.25, 0.3) is 0 Å². The molecule has 3 unspecified atom stereocenters. The smallest absolute Gasteiger partial charge is 0.457 e. The van der Waals surface area contributed by atoms with E-state index in [0.717, 1.165) is 19.3 Å². The molecule has 0 fully saturated rings. The average Bonchev–Trinajstić information content (AvgIpc) is 2.84. The zero-order valence-corrected chi connectivity index (χ0v) is 22.4. The van der Waals surface area contributed by atoms with Gasteiger partial charge >= 0.3 is 19.8 Å². The maximum Gasteiger partial charge on any atom is 0.472 e. The van der Waals surface area contributed by atoms with E-state index in [-0.39, 0.29) is 12.8 Å². The van der Waals surface area contributed by atoms with E-state index in [2.05, 4.69) is 6.92 Å². The topological polar surface area (TPSA) is 149 Å². The van der Waals surface area contributed by atoms with Gasteiger partial charge < -0.3 is 24.6 Å². The lowest BCUT2D eigenvalue weighted by atomic mass is 10.0. The Kier molecular flexibility index (Phi) is 21.5. The molecule has 0 aliphatic heterocycles. The van der Waals surface area contributed by atoms with E-state index in [9.17, 15) is 24.2 Å². The Bertz CT molecular complexity index is 587. The highest BCUT2D eigenvalue weighted by Crippen LogP contribution is 2.43. The number of rotatable bonds is 24. The zero-order valence-electron chi connectivity index (χ0n) is 21.5. The van der Waals surface area contributed by atoms with Crippen LogP contribution >= 0.6 is 7.82 Å². The molecule has 0 aromatic rings. The lowest BCUT2D eigenvalue weighted by Gasteiger charge is -2.20. The van der Waals surface area contributed by atoms with Crippen LogP contribution in [0.2, 0.25) is 0 Å². The molecule has 0 saturated heterocycles. The molecular formula is C24H47O10P. The van der Waals surface area contributed by atoms with E-state index in [4.69, 9.17) is 23.6 Å². The maximum atomic E-state index is 12.0. The Hall–Kier alpha value is -1.03. The number of phosphoric ester groups is 1. The summed E-state index contributed by atoms with van der Waals surface area (Å²) in [6.45, 7) is 1.50. The molecule has 10 nitrogen and oxygen atoms in total. The SMILES string of the molecule is CCCCCCCCCCCCCCC(=O)OC(CO)COP(=O)(O)OCC(CO)OC(=O)CC. The standard InChI is InChI=1S/C24H47O10P/c1-3-5-6-7-8-9-10-11-12-13-14-15-16-24(28)34-22(18-26)20-32-35(29,30)31-19-21(17-25)33-23(27)4-2/h21-22,25-26H,3-20H2,1-2H3,(H,29,30). The molecule has 0 radical (unpaired) electrons. The number of unbranched alkanes of at least 4 members (excludes halogenated alkanes) is 11. The van der Waals surface area contributed by atoms with Crippen molar-refractivity contribution in [2.75, 3.05) is 26.4 Å². The summed E-state index contributed by atoms with van der Waals surface area (Å²) >= 11 is 0. The van der Waals surface area contributed by atoms with Crippen molar-refractivity contribution in [3.05, 3.63) is 0 Å². The van der Waals surface area contributed by atoms with Gasteiger partial charge in [-0.15, -0.1) is 0 Å². The van der Waals surface area contributed by atoms with Crippen molar-refractivity contribution in [1.82, 2.24) is 0 Å². The second kappa shape index (κ2) is 22.2. The summed E-state index contributed by atoms with van der Waals surface area (Å²) in [6, 6.07) is 0. The first kappa shape index (κ1) is 34.0. The molecule has 0 rings (SSSR count). The summed E-state index contributed by atoms with van der Waals surface area (Å²) in [7, 11) is -4.58. The number of carbonyl (C=O) groups is 2. The van der Waals surface area contributed by atoms with Crippen LogP contribution in [-0.4, -0.2) is 65.7 Å². The van der Waals surface area contributed by atoms with Gasteiger partial charge in [0.1, 0.15) is 12.2 Å². The van der Waals surface area contributed by atoms with Gasteiger partial charge in [-0.05, 0) is 6.42 Å². The lowest BCUT2D eigenvalue weighted by Crippen LogP contribution is -2.28. The van der Waals surface area contributed by atoms with E-state index in [1.807, 2.05) is 0 Å². The van der Waals surface area contributed by atoms with Crippen molar-refractivity contribution in [2.45, 2.75) is 116 Å². The van der Waals surface area contributed by atoms with E-state index < -0.39 is 58.4 Å². The zero-order chi connectivity index (χ0) is 26.4. The number of phosphoric acid groups is 1. The minimum absolute atomic E-state index is 0.0760. The highest BCUT2D eigenvalue weighted by atomic mass is 31.2. The molecule has 35 heavy (non-hydrogen) atoms. The van der Waals surface area contributed by atoms with Crippen molar-refractivity contribution in [3.63, 3.8) is 0 Å². The third-order valence-corrected chi connectivity index (χ3v) is 6.32. The molecular weight excluding hydrogens is 479 g/mol. The van der Waals surface area contributed by atoms with Gasteiger partial charge in [0.15, 0.2) is 0 Å². The molecule has 208 valence electrons. The van der Waals surface area contributed by atoms with Gasteiger partial charge in [0.2, 0.25) is 0 Å². The first-order valence-electron chi connectivity index (χ1n) is 13.0. The summed E-state index contributed by atoms with van der Waals surface area (Å²) < 4.78 is 31.3. The molecule has 11 heteroatoms. The quantitative estimate of drug-likeness (QED) is 0.0936. The van der Waals surface area contributed by atoms with Crippen molar-refractivity contribution >= 4 is 19.8 Å². The van der Waals surface area contributed by atoms with E-state index in [0.29, 0.717) is 6.42 Å². The largest absolute Gasteiger partial charge is 0.472 e. The molecule has 0 spiro atoms. The number of ether oxygens (including phenoxy) is 2. The Morgan fingerprint density at radius 1 is 0.686 bits per heavy atom. The predicted molar refractivity (Wildman–Crippen MR) is 132 cm³/mol. The minimum Gasteiger partial charge on any atom is -0.457 e. The second-order valence-electron chi connectivity index (χ2n) is 8.64. The van der Waals surface area contributed by atoms with E-state index in [1.165, 1.54) is 51.4 Å². The van der Waals surface area contributed by atoms with Gasteiger partial charge in [0.05, 0.1) is 26.4 Å². The molecule has 3 atom stereocenters. The van der Waals surface area contributed by atoms with Gasteiger partial charge in [0.25, 0.3) is 0 Å². The molecule has 0 saturated carbocycles. The molecule has 3 N–H and O–H groups in total. The Labute approximate surface area is 210 Å². The van der Waals surface area contributed by atoms with Crippen LogP contribution in [0.5, 0.6) is 0 Å². The Morgan fingerprint density at radius 2 is 1.09 bits per heavy atom. The molecule has 0 aromatic carbocycles. The van der Waals surface area contributed by atoms with Crippen molar-refractivity contribution in [2.24, 2.45) is 0 Å². The summed E-state index contributed by atoms with van der Waals surface area (Å²) in [5.74, 6) is -1.11. The van der Waals surface area contributed by atoms with Crippen LogP contribution in [0.4, 0.5) is 0 Å². The highest BCUT2D eigenvalue weighted by Gasteiger charge is 2.27. The lowest BCUT2D eigenvalue weighted by molar-refractivity contribution is -0.153. The molecule has 0 aromatic heterocycles. The predicted octanol–water partition coefficient (Wildman–Crippen LogP) is 4.43. The van der Waals surface area contributed by atoms with Gasteiger partial charge in [-0.1, -0.05) is 84.5 Å². The fourth-order valence-corrected chi connectivity index (χ4v) is 4.05. The first-order chi connectivity index (χ1) is 16.8. The van der Waals surface area contributed by atoms with Gasteiger partial charge in [0, 0.05) is 12.8 Å². The van der Waals surface area contributed by atoms with Gasteiger partial charge in [-0.25, -0.2) is 4.57 Å². The van der Waals surface area contributed by atoms with Crippen molar-refractivity contribution in [3.8, 4) is 0 Å². The summed E-state index contributed by atoms with van der Waals surface area (Å²) in [5, 5.41) is 18.5. The maximum absolute atomic E-state index is 12.0. The third-order valence-electron chi connectivity index (χ3n) is 5.37. The van der Waals surface area contributed by atoms with Crippen molar-refractivity contribution in [1.29, 1.82) is 0 Å². The van der Waals surface area contributed by atoms with Crippen LogP contribution in [-0.2, 0) is 32.7 Å². The van der Waals surface area contributed by atoms with Gasteiger partial charge in [-0.2, -0.15) is 0 Å². The number of esters is 2. The van der Waals surface area contributed by atoms with Gasteiger partial charge in [-0.3, -0.25) is 18.6 Å². The second-order valence-corrected chi connectivity index (χ2v) is 10.1. The monoisotopic (exact) mass is 526 g/mol. The van der Waals surface area contributed by atoms with Crippen LogP contribution < -0.4 is 0 Å². The number of aliphatic hydroxyl groups excluding tert-OH is 2. The minimum atomic E-state index is -4.58. The summed E-state index contributed by atoms with van der Waals surface area (Å²) in [6.07, 6.45) is 12.2. The van der Waals surface area contributed by atoms with Crippen LogP contribution in [0.1, 0.15) is 104 Å². The molecule has 0 heterocycles. The van der Waals surface area contributed by atoms with Crippen LogP contribution in [0.3, 0.4) is 0 Å². The average molecular weight is 527 g/mol. The highest BCUT2D eigenvalue weighted by molar-refractivity contribution is 7.47. The third kappa shape index (κ3) is 20.8. The number of aliphatic hydroxyl groups is 2. The molecule has 0 amide bonds. The molecule has 0 aliphatic rings. The summed E-state index contributed by atoms with van der Waals surface area (Å²) in [4.78, 5) is 32.9. The number of hydrogen-bond donors (Lipinski definition) is 3. The number of hydrogen-bond acceptors (Lipinski definition) is 9. The van der Waals surface area contributed by atoms with E-state index >= 15 is 0 Å². The fourth-order valence-electron chi connectivity index (χ4n) is 3.26. The first-order valence-corrected chi connectivity index (χ1v) is 14.5. The van der Waals surface area contributed by atoms with Crippen LogP contribution in [0, 0.1) is 0 Å². The normalized spacial score (nSPS) is 14.8. The Morgan fingerprint density at radius 3 is 1.49 bits per heavy atom. The van der Waals surface area contributed by atoms with Crippen LogP contribution in [0.15, 0.2) is 0 Å². The van der Waals surface area contributed by atoms with E-state index in [1.54, 1.807) is 6.92 Å². The molecule has 0 aliphatic carbocycles. The number of carbonyl (C=O) groups excluding carboxylic acids is 2. The molecule has 0 bridgehead atoms. The van der Waals surface area contributed by atoms with Crippen molar-refractivity contribution < 1.29 is 47.8 Å². The summed E-state index contributed by atoms with van der Waals surface area (Å²) in [5.41, 5.74) is 0.